The number of aliphatic imine (C=N–C) groups is 1. The molecule has 0 aliphatic rings. The van der Waals surface area contributed by atoms with E-state index >= 15 is 0 Å². The first-order valence-corrected chi connectivity index (χ1v) is 6.84. The quantitative estimate of drug-likeness (QED) is 0.332. The van der Waals surface area contributed by atoms with Crippen LogP contribution in [0.1, 0.15) is 51.9 Å². The maximum Gasteiger partial charge on any atom is 0.188 e. The number of nitrogens with two attached hydrogens (primary N) is 1. The van der Waals surface area contributed by atoms with Crippen LogP contribution in [0.25, 0.3) is 0 Å². The molecule has 0 fully saturated rings. The lowest BCUT2D eigenvalue weighted by Gasteiger charge is -2.05. The van der Waals surface area contributed by atoms with Crippen LogP contribution in [0.2, 0.25) is 0 Å². The van der Waals surface area contributed by atoms with Crippen LogP contribution in [0.4, 0.5) is 0 Å². The van der Waals surface area contributed by atoms with Gasteiger partial charge in [0, 0.05) is 26.8 Å². The molecule has 0 rings (SSSR count). The number of rotatable bonds is 11. The van der Waals surface area contributed by atoms with Gasteiger partial charge in [-0.2, -0.15) is 0 Å². The summed E-state index contributed by atoms with van der Waals surface area (Å²) in [5, 5.41) is 3.14. The monoisotopic (exact) mass is 243 g/mol. The van der Waals surface area contributed by atoms with Gasteiger partial charge in [0.2, 0.25) is 0 Å². The Balaban J connectivity index is 3.23. The Morgan fingerprint density at radius 3 is 2.53 bits per heavy atom. The summed E-state index contributed by atoms with van der Waals surface area (Å²) < 4.78 is 4.94. The zero-order valence-electron chi connectivity index (χ0n) is 11.5. The van der Waals surface area contributed by atoms with E-state index in [0.29, 0.717) is 5.96 Å². The van der Waals surface area contributed by atoms with E-state index in [-0.39, 0.29) is 0 Å². The van der Waals surface area contributed by atoms with Gasteiger partial charge in [0.25, 0.3) is 0 Å². The Morgan fingerprint density at radius 2 is 1.82 bits per heavy atom. The normalized spacial score (nSPS) is 11.8. The highest BCUT2D eigenvalue weighted by atomic mass is 16.5. The van der Waals surface area contributed by atoms with Gasteiger partial charge in [-0.05, 0) is 12.8 Å². The lowest BCUT2D eigenvalue weighted by atomic mass is 10.1. The van der Waals surface area contributed by atoms with E-state index in [9.17, 15) is 0 Å². The summed E-state index contributed by atoms with van der Waals surface area (Å²) >= 11 is 0. The Kier molecular flexibility index (Phi) is 12.7. The number of unbranched alkanes of at least 4 members (excludes halogenated alkanes) is 5. The van der Waals surface area contributed by atoms with Crippen LogP contribution in [-0.4, -0.2) is 32.8 Å². The maximum atomic E-state index is 5.72. The third kappa shape index (κ3) is 13.2. The van der Waals surface area contributed by atoms with Gasteiger partial charge in [0.05, 0.1) is 0 Å². The minimum absolute atomic E-state index is 0.565. The molecule has 0 saturated carbocycles. The Hall–Kier alpha value is -0.770. The summed E-state index contributed by atoms with van der Waals surface area (Å²) in [7, 11) is 1.70. The molecule has 17 heavy (non-hydrogen) atoms. The molecule has 0 spiro atoms. The molecule has 0 amide bonds. The molecular weight excluding hydrogens is 214 g/mol. The van der Waals surface area contributed by atoms with Crippen molar-refractivity contribution in [2.45, 2.75) is 51.9 Å². The van der Waals surface area contributed by atoms with Crippen molar-refractivity contribution in [3.8, 4) is 0 Å². The molecule has 0 bridgehead atoms. The van der Waals surface area contributed by atoms with Crippen molar-refractivity contribution in [1.82, 2.24) is 5.32 Å². The average Bonchev–Trinajstić information content (AvgIpc) is 2.33. The molecule has 0 aromatic carbocycles. The van der Waals surface area contributed by atoms with Gasteiger partial charge in [0.15, 0.2) is 5.96 Å². The number of nitrogens with one attached hydrogen (secondary N) is 1. The fraction of sp³-hybridized carbons (Fsp3) is 0.923. The summed E-state index contributed by atoms with van der Waals surface area (Å²) in [5.74, 6) is 0.565. The molecule has 0 saturated heterocycles. The van der Waals surface area contributed by atoms with E-state index < -0.39 is 0 Å². The zero-order valence-corrected chi connectivity index (χ0v) is 11.5. The number of methoxy groups -OCH3 is 1. The van der Waals surface area contributed by atoms with Crippen molar-refractivity contribution in [1.29, 1.82) is 0 Å². The smallest absolute Gasteiger partial charge is 0.188 e. The predicted octanol–water partition coefficient (Wildman–Crippen LogP) is 2.29. The molecule has 0 aliphatic carbocycles. The fourth-order valence-electron chi connectivity index (χ4n) is 1.59. The van der Waals surface area contributed by atoms with E-state index in [1.54, 1.807) is 7.11 Å². The highest BCUT2D eigenvalue weighted by molar-refractivity contribution is 5.77. The Morgan fingerprint density at radius 1 is 1.12 bits per heavy atom. The predicted molar refractivity (Wildman–Crippen MR) is 74.4 cm³/mol. The highest BCUT2D eigenvalue weighted by Gasteiger charge is 1.92. The van der Waals surface area contributed by atoms with Crippen molar-refractivity contribution in [3.63, 3.8) is 0 Å². The zero-order chi connectivity index (χ0) is 12.8. The molecule has 0 radical (unpaired) electrons. The minimum atomic E-state index is 0.565. The largest absolute Gasteiger partial charge is 0.385 e. The van der Waals surface area contributed by atoms with Crippen LogP contribution in [0.3, 0.4) is 0 Å². The van der Waals surface area contributed by atoms with Crippen LogP contribution in [0.5, 0.6) is 0 Å². The fourth-order valence-corrected chi connectivity index (χ4v) is 1.59. The first kappa shape index (κ1) is 16.2. The lowest BCUT2D eigenvalue weighted by Crippen LogP contribution is -2.32. The van der Waals surface area contributed by atoms with Gasteiger partial charge in [0.1, 0.15) is 0 Å². The van der Waals surface area contributed by atoms with E-state index in [2.05, 4.69) is 17.2 Å². The summed E-state index contributed by atoms with van der Waals surface area (Å²) in [4.78, 5) is 4.21. The van der Waals surface area contributed by atoms with E-state index in [0.717, 1.165) is 26.1 Å². The van der Waals surface area contributed by atoms with Gasteiger partial charge < -0.3 is 15.8 Å². The second kappa shape index (κ2) is 13.3. The van der Waals surface area contributed by atoms with E-state index in [1.165, 1.54) is 38.5 Å². The molecule has 102 valence electrons. The summed E-state index contributed by atoms with van der Waals surface area (Å²) in [6.07, 6.45) is 8.74. The topological polar surface area (TPSA) is 59.6 Å². The molecule has 3 N–H and O–H groups in total. The van der Waals surface area contributed by atoms with Crippen molar-refractivity contribution in [3.05, 3.63) is 0 Å². The van der Waals surface area contributed by atoms with Crippen LogP contribution in [0, 0.1) is 0 Å². The molecule has 0 aromatic rings. The molecule has 0 aromatic heterocycles. The maximum absolute atomic E-state index is 5.72. The van der Waals surface area contributed by atoms with Crippen LogP contribution in [0.15, 0.2) is 4.99 Å². The van der Waals surface area contributed by atoms with Crippen LogP contribution >= 0.6 is 0 Å². The lowest BCUT2D eigenvalue weighted by molar-refractivity contribution is 0.197. The van der Waals surface area contributed by atoms with E-state index in [1.807, 2.05) is 0 Å². The Bertz CT molecular complexity index is 184. The second-order valence-electron chi connectivity index (χ2n) is 4.31. The van der Waals surface area contributed by atoms with Gasteiger partial charge in [-0.3, -0.25) is 4.99 Å². The highest BCUT2D eigenvalue weighted by Crippen LogP contribution is 2.03. The average molecular weight is 243 g/mol. The first-order chi connectivity index (χ1) is 8.31. The van der Waals surface area contributed by atoms with Crippen LogP contribution in [-0.2, 0) is 4.74 Å². The molecule has 0 unspecified atom stereocenters. The van der Waals surface area contributed by atoms with Gasteiger partial charge in [-0.15, -0.1) is 0 Å². The molecule has 4 nitrogen and oxygen atoms in total. The number of hydrogen-bond acceptors (Lipinski definition) is 2. The second-order valence-corrected chi connectivity index (χ2v) is 4.31. The standard InChI is InChI=1S/C13H29N3O/c1-3-4-5-6-7-8-10-15-13(14)16-11-9-12-17-2/h3-12H2,1-2H3,(H3,14,15,16). The third-order valence-electron chi connectivity index (χ3n) is 2.63. The Labute approximate surface area is 106 Å². The number of guanidine groups is 1. The van der Waals surface area contributed by atoms with Gasteiger partial charge >= 0.3 is 0 Å². The third-order valence-corrected chi connectivity index (χ3v) is 2.63. The van der Waals surface area contributed by atoms with Crippen LogP contribution < -0.4 is 11.1 Å². The molecule has 0 aliphatic heterocycles. The number of hydrogen-bond donors (Lipinski definition) is 2. The molecule has 0 atom stereocenters. The first-order valence-electron chi connectivity index (χ1n) is 6.84. The van der Waals surface area contributed by atoms with Gasteiger partial charge in [-0.1, -0.05) is 39.0 Å². The van der Waals surface area contributed by atoms with Crippen molar-refractivity contribution in [2.24, 2.45) is 10.7 Å². The molecular formula is C13H29N3O. The molecule has 4 heteroatoms. The summed E-state index contributed by atoms with van der Waals surface area (Å²) in [6, 6.07) is 0. The summed E-state index contributed by atoms with van der Waals surface area (Å²) in [5.41, 5.74) is 5.72. The van der Waals surface area contributed by atoms with Gasteiger partial charge in [-0.25, -0.2) is 0 Å². The van der Waals surface area contributed by atoms with Crippen molar-refractivity contribution < 1.29 is 4.74 Å². The SMILES string of the molecule is CCCCCCCCNC(N)=NCCCOC. The number of nitrogens with zero attached hydrogens (tertiary/aromatic N) is 1. The van der Waals surface area contributed by atoms with E-state index in [4.69, 9.17) is 10.5 Å². The minimum Gasteiger partial charge on any atom is -0.385 e. The summed E-state index contributed by atoms with van der Waals surface area (Å²) in [6.45, 7) is 4.66. The molecule has 0 heterocycles. The van der Waals surface area contributed by atoms with Crippen molar-refractivity contribution in [2.75, 3.05) is 26.8 Å². The van der Waals surface area contributed by atoms with Crippen molar-refractivity contribution >= 4 is 5.96 Å². The number of ether oxygens (including phenoxy) is 1.